The molecule has 0 aromatic heterocycles. The molecule has 0 saturated heterocycles. The molecule has 1 unspecified atom stereocenters. The largest absolute Gasteiger partial charge is 0.479 e. The molecular formula is C16H19F3N2O3. The molecule has 8 heteroatoms. The molecule has 24 heavy (non-hydrogen) atoms. The van der Waals surface area contributed by atoms with Crippen LogP contribution in [-0.4, -0.2) is 19.7 Å². The van der Waals surface area contributed by atoms with Crippen LogP contribution in [0.4, 0.5) is 18.9 Å². The molecule has 1 aromatic rings. The van der Waals surface area contributed by atoms with Gasteiger partial charge in [0.1, 0.15) is 6.26 Å². The Morgan fingerprint density at radius 3 is 2.75 bits per heavy atom. The number of ether oxygens (including phenoxy) is 2. The van der Waals surface area contributed by atoms with Crippen LogP contribution >= 0.6 is 0 Å². The van der Waals surface area contributed by atoms with Crippen molar-refractivity contribution < 1.29 is 27.4 Å². The molecule has 1 amide bonds. The summed E-state index contributed by atoms with van der Waals surface area (Å²) in [7, 11) is 1.33. The van der Waals surface area contributed by atoms with Gasteiger partial charge in [-0.3, -0.25) is 4.79 Å². The Balaban J connectivity index is 2.34. The molecule has 1 aliphatic rings. The highest BCUT2D eigenvalue weighted by Crippen LogP contribution is 2.39. The number of anilines is 1. The van der Waals surface area contributed by atoms with Gasteiger partial charge in [-0.05, 0) is 18.6 Å². The smallest absolute Gasteiger partial charge is 0.418 e. The van der Waals surface area contributed by atoms with Crippen molar-refractivity contribution in [3.05, 3.63) is 41.8 Å². The summed E-state index contributed by atoms with van der Waals surface area (Å²) in [6, 6.07) is 3.83. The van der Waals surface area contributed by atoms with Gasteiger partial charge in [0.05, 0.1) is 11.3 Å². The van der Waals surface area contributed by atoms with Gasteiger partial charge in [0.25, 0.3) is 0 Å². The third-order valence-electron chi connectivity index (χ3n) is 3.49. The van der Waals surface area contributed by atoms with Crippen molar-refractivity contribution in [1.29, 1.82) is 0 Å². The summed E-state index contributed by atoms with van der Waals surface area (Å²) in [5, 5.41) is 2.57. The predicted molar refractivity (Wildman–Crippen MR) is 81.8 cm³/mol. The van der Waals surface area contributed by atoms with Crippen molar-refractivity contribution in [3.63, 3.8) is 0 Å². The first-order chi connectivity index (χ1) is 11.4. The number of amides is 1. The molecule has 0 aliphatic carbocycles. The zero-order chi connectivity index (χ0) is 17.7. The highest BCUT2D eigenvalue weighted by atomic mass is 19.4. The normalized spacial score (nSPS) is 15.3. The van der Waals surface area contributed by atoms with Crippen LogP contribution in [0.3, 0.4) is 0 Å². The van der Waals surface area contributed by atoms with Crippen LogP contribution < -0.4 is 10.2 Å². The number of nitrogens with zero attached hydrogens (tertiary/aromatic N) is 1. The van der Waals surface area contributed by atoms with E-state index < -0.39 is 18.0 Å². The Morgan fingerprint density at radius 2 is 2.21 bits per heavy atom. The SMILES string of the molecule is CCCC(=O)NC(OC)c1ccc(N2C=COC2)c(C(F)(F)F)c1. The van der Waals surface area contributed by atoms with Gasteiger partial charge in [-0.1, -0.05) is 13.0 Å². The van der Waals surface area contributed by atoms with Gasteiger partial charge >= 0.3 is 6.18 Å². The fourth-order valence-electron chi connectivity index (χ4n) is 2.35. The van der Waals surface area contributed by atoms with E-state index in [1.165, 1.54) is 36.6 Å². The van der Waals surface area contributed by atoms with Crippen LogP contribution in [0, 0.1) is 0 Å². The topological polar surface area (TPSA) is 50.8 Å². The molecule has 1 aliphatic heterocycles. The average molecular weight is 344 g/mol. The molecule has 132 valence electrons. The van der Waals surface area contributed by atoms with Gasteiger partial charge in [0, 0.05) is 25.3 Å². The van der Waals surface area contributed by atoms with E-state index in [-0.39, 0.29) is 30.3 Å². The summed E-state index contributed by atoms with van der Waals surface area (Å²) in [5.74, 6) is -0.280. The minimum absolute atomic E-state index is 0.0172. The minimum atomic E-state index is -4.55. The van der Waals surface area contributed by atoms with Crippen molar-refractivity contribution in [3.8, 4) is 0 Å². The second-order valence-electron chi connectivity index (χ2n) is 5.26. The molecule has 5 nitrogen and oxygen atoms in total. The Bertz CT molecular complexity index is 617. The number of rotatable bonds is 6. The first-order valence-electron chi connectivity index (χ1n) is 7.45. The van der Waals surface area contributed by atoms with Crippen LogP contribution in [0.15, 0.2) is 30.7 Å². The Morgan fingerprint density at radius 1 is 1.46 bits per heavy atom. The van der Waals surface area contributed by atoms with Gasteiger partial charge in [0.2, 0.25) is 5.91 Å². The van der Waals surface area contributed by atoms with Crippen LogP contribution in [0.2, 0.25) is 0 Å². The molecular weight excluding hydrogens is 325 g/mol. The van der Waals surface area contributed by atoms with Gasteiger partial charge < -0.3 is 19.7 Å². The van der Waals surface area contributed by atoms with Crippen molar-refractivity contribution in [1.82, 2.24) is 5.32 Å². The van der Waals surface area contributed by atoms with E-state index in [1.807, 2.05) is 6.92 Å². The first-order valence-corrected chi connectivity index (χ1v) is 7.45. The summed E-state index contributed by atoms with van der Waals surface area (Å²) in [6.07, 6.45) is -1.81. The van der Waals surface area contributed by atoms with E-state index in [4.69, 9.17) is 9.47 Å². The summed E-state index contributed by atoms with van der Waals surface area (Å²) in [6.45, 7) is 1.85. The van der Waals surface area contributed by atoms with Crippen LogP contribution in [0.1, 0.15) is 37.1 Å². The average Bonchev–Trinajstić information content (AvgIpc) is 3.06. The third-order valence-corrected chi connectivity index (χ3v) is 3.49. The molecule has 1 aromatic carbocycles. The van der Waals surface area contributed by atoms with Crippen molar-refractivity contribution in [2.24, 2.45) is 0 Å². The van der Waals surface area contributed by atoms with Gasteiger partial charge in [-0.25, -0.2) is 0 Å². The highest BCUT2D eigenvalue weighted by molar-refractivity contribution is 5.76. The molecule has 0 saturated carbocycles. The molecule has 2 rings (SSSR count). The van der Waals surface area contributed by atoms with Crippen LogP contribution in [0.25, 0.3) is 0 Å². The lowest BCUT2D eigenvalue weighted by Crippen LogP contribution is -2.29. The van der Waals surface area contributed by atoms with Crippen molar-refractivity contribution in [2.75, 3.05) is 18.7 Å². The van der Waals surface area contributed by atoms with Crippen LogP contribution in [-0.2, 0) is 20.4 Å². The second kappa shape index (κ2) is 7.57. The Hall–Kier alpha value is -2.22. The van der Waals surface area contributed by atoms with E-state index in [9.17, 15) is 18.0 Å². The number of nitrogens with one attached hydrogen (secondary N) is 1. The zero-order valence-corrected chi connectivity index (χ0v) is 13.4. The maximum absolute atomic E-state index is 13.4. The number of carbonyl (C=O) groups excluding carboxylic acids is 1. The third kappa shape index (κ3) is 4.19. The zero-order valence-electron chi connectivity index (χ0n) is 13.4. The maximum atomic E-state index is 13.4. The molecule has 0 fully saturated rings. The van der Waals surface area contributed by atoms with Crippen LogP contribution in [0.5, 0.6) is 0 Å². The summed E-state index contributed by atoms with van der Waals surface area (Å²) in [4.78, 5) is 13.0. The standard InChI is InChI=1S/C16H19F3N2O3/c1-3-4-14(22)20-15(23-2)11-5-6-13(21-7-8-24-10-21)12(9-11)16(17,18)19/h5-9,15H,3-4,10H2,1-2H3,(H,20,22). The molecule has 1 N–H and O–H groups in total. The molecule has 1 atom stereocenters. The lowest BCUT2D eigenvalue weighted by atomic mass is 10.1. The van der Waals surface area contributed by atoms with Gasteiger partial charge in [-0.2, -0.15) is 13.2 Å². The number of alkyl halides is 3. The summed E-state index contributed by atoms with van der Waals surface area (Å²) >= 11 is 0. The fourth-order valence-corrected chi connectivity index (χ4v) is 2.35. The minimum Gasteiger partial charge on any atom is -0.479 e. The quantitative estimate of drug-likeness (QED) is 0.802. The van der Waals surface area contributed by atoms with E-state index in [0.29, 0.717) is 6.42 Å². The van der Waals surface area contributed by atoms with Gasteiger partial charge in [-0.15, -0.1) is 0 Å². The number of hydrogen-bond acceptors (Lipinski definition) is 4. The molecule has 0 bridgehead atoms. The monoisotopic (exact) mass is 344 g/mol. The number of methoxy groups -OCH3 is 1. The Labute approximate surface area is 138 Å². The summed E-state index contributed by atoms with van der Waals surface area (Å²) < 4.78 is 50.3. The van der Waals surface area contributed by atoms with E-state index in [0.717, 1.165) is 6.07 Å². The first kappa shape index (κ1) is 18.1. The summed E-state index contributed by atoms with van der Waals surface area (Å²) in [5.41, 5.74) is -0.612. The highest BCUT2D eigenvalue weighted by Gasteiger charge is 2.36. The number of benzene rings is 1. The second-order valence-corrected chi connectivity index (χ2v) is 5.26. The number of hydrogen-bond donors (Lipinski definition) is 1. The van der Waals surface area contributed by atoms with Crippen molar-refractivity contribution in [2.45, 2.75) is 32.2 Å². The lowest BCUT2D eigenvalue weighted by molar-refractivity contribution is -0.137. The fraction of sp³-hybridized carbons (Fsp3) is 0.438. The maximum Gasteiger partial charge on any atom is 0.418 e. The van der Waals surface area contributed by atoms with Crippen molar-refractivity contribution >= 4 is 11.6 Å². The molecule has 0 spiro atoms. The number of halogens is 3. The predicted octanol–water partition coefficient (Wildman–Crippen LogP) is 3.53. The molecule has 1 heterocycles. The lowest BCUT2D eigenvalue weighted by Gasteiger charge is -2.23. The molecule has 0 radical (unpaired) electrons. The van der Waals surface area contributed by atoms with E-state index >= 15 is 0 Å². The van der Waals surface area contributed by atoms with E-state index in [1.54, 1.807) is 0 Å². The number of carbonyl (C=O) groups is 1. The van der Waals surface area contributed by atoms with E-state index in [2.05, 4.69) is 5.32 Å². The van der Waals surface area contributed by atoms with Gasteiger partial charge in [0.15, 0.2) is 13.0 Å². The Kier molecular flexibility index (Phi) is 5.71.